The van der Waals surface area contributed by atoms with Crippen molar-refractivity contribution < 1.29 is 37.3 Å². The molecule has 0 aromatic rings. The quantitative estimate of drug-likeness (QED) is 0.0156. The Labute approximate surface area is 442 Å². The average Bonchev–Trinajstić information content (AvgIpc) is 3.34. The molecule has 2 N–H and O–H groups in total. The van der Waals surface area contributed by atoms with Crippen LogP contribution in [0.15, 0.2) is 109 Å². The topological polar surface area (TPSA) is 111 Å². The number of rotatable bonds is 50. The number of amides is 1. The van der Waals surface area contributed by atoms with Gasteiger partial charge in [0.15, 0.2) is 0 Å². The van der Waals surface area contributed by atoms with Gasteiger partial charge in [-0.3, -0.25) is 18.6 Å². The van der Waals surface area contributed by atoms with Gasteiger partial charge >= 0.3 is 13.8 Å². The monoisotopic (exact) mass is 1020 g/mol. The Morgan fingerprint density at radius 3 is 1.44 bits per heavy atom. The molecule has 0 saturated carbocycles. The van der Waals surface area contributed by atoms with Crippen molar-refractivity contribution in [2.45, 2.75) is 232 Å². The first-order valence-corrected chi connectivity index (χ1v) is 30.2. The van der Waals surface area contributed by atoms with E-state index in [-0.39, 0.29) is 37.9 Å². The zero-order chi connectivity index (χ0) is 52.9. The maximum absolute atomic E-state index is 13.5. The number of nitrogens with zero attached hydrogens (tertiary/aromatic N) is 1. The minimum absolute atomic E-state index is 0.0192. The zero-order valence-corrected chi connectivity index (χ0v) is 47.8. The van der Waals surface area contributed by atoms with Crippen LogP contribution in [-0.4, -0.2) is 74.3 Å². The number of phosphoric acid groups is 1. The Hall–Kier alpha value is -3.33. The van der Waals surface area contributed by atoms with E-state index >= 15 is 0 Å². The van der Waals surface area contributed by atoms with Crippen LogP contribution in [-0.2, 0) is 27.9 Å². The first-order valence-electron chi connectivity index (χ1n) is 28.7. The molecule has 0 radical (unpaired) electrons. The van der Waals surface area contributed by atoms with Gasteiger partial charge in [-0.25, -0.2) is 4.57 Å². The lowest BCUT2D eigenvalue weighted by Crippen LogP contribution is -2.47. The summed E-state index contributed by atoms with van der Waals surface area (Å²) in [5.41, 5.74) is 0. The highest BCUT2D eigenvalue weighted by molar-refractivity contribution is 7.47. The molecule has 1 amide bonds. The summed E-state index contributed by atoms with van der Waals surface area (Å²) in [4.78, 5) is 37.5. The van der Waals surface area contributed by atoms with Gasteiger partial charge < -0.3 is 19.4 Å². The van der Waals surface area contributed by atoms with Crippen LogP contribution in [0.25, 0.3) is 0 Å². The molecule has 0 bridgehead atoms. The molecule has 0 aliphatic rings. The largest absolute Gasteiger partial charge is 0.472 e. The Morgan fingerprint density at radius 2 is 0.944 bits per heavy atom. The number of esters is 1. The van der Waals surface area contributed by atoms with Crippen LogP contribution in [0.2, 0.25) is 0 Å². The predicted molar refractivity (Wildman–Crippen MR) is 309 cm³/mol. The highest BCUT2D eigenvalue weighted by atomic mass is 31.2. The highest BCUT2D eigenvalue weighted by Gasteiger charge is 2.30. The smallest absolute Gasteiger partial charge is 0.456 e. The summed E-state index contributed by atoms with van der Waals surface area (Å²) in [6.07, 6.45) is 69.6. The lowest BCUT2D eigenvalue weighted by atomic mass is 10.1. The molecule has 3 unspecified atom stereocenters. The van der Waals surface area contributed by atoms with Crippen molar-refractivity contribution in [1.29, 1.82) is 0 Å². The number of allylic oxidation sites excluding steroid dienone is 17. The summed E-state index contributed by atoms with van der Waals surface area (Å²) in [6.45, 7) is 6.78. The number of hydrogen-bond donors (Lipinski definition) is 2. The standard InChI is InChI=1S/C62H107N2O7P/c1-7-10-13-16-19-22-25-28-30-31-32-33-35-36-39-42-45-48-51-54-61(65)63-59(58-70-72(67,68)69-57-56-64(4,5)6)60(53-50-47-44-41-38-27-24-21-18-15-12-9-3)71-62(66)55-52-49-46-43-40-37-34-29-26-23-20-17-14-11-8-2/h10,13,19-20,22-23,26,28-30,32-33,36,39,45,48,50,53,59-60H,7-9,11-12,14-18,21,24-25,27,31,34-35,37-38,40-44,46-47,49,51-52,54-58H2,1-6H3,(H-,63,65,67,68)/p+1/b13-10-,22-19-,23-20+,29-26+,30-28-,33-32-,39-36-,48-45-,53-50-. The van der Waals surface area contributed by atoms with E-state index in [4.69, 9.17) is 13.8 Å². The predicted octanol–water partition coefficient (Wildman–Crippen LogP) is 17.4. The van der Waals surface area contributed by atoms with Gasteiger partial charge in [0.1, 0.15) is 19.3 Å². The number of nitrogens with one attached hydrogen (secondary N) is 1. The Balaban J connectivity index is 5.50. The maximum Gasteiger partial charge on any atom is 0.472 e. The van der Waals surface area contributed by atoms with Gasteiger partial charge in [-0.05, 0) is 96.0 Å². The molecule has 0 saturated heterocycles. The lowest BCUT2D eigenvalue weighted by molar-refractivity contribution is -0.870. The van der Waals surface area contributed by atoms with Crippen molar-refractivity contribution in [3.05, 3.63) is 109 Å². The van der Waals surface area contributed by atoms with Gasteiger partial charge in [-0.2, -0.15) is 0 Å². The van der Waals surface area contributed by atoms with Gasteiger partial charge in [-0.1, -0.05) is 220 Å². The minimum atomic E-state index is -4.47. The molecule has 0 spiro atoms. The third kappa shape index (κ3) is 51.6. The Bertz CT molecular complexity index is 1600. The number of carbonyl (C=O) groups is 2. The fourth-order valence-corrected chi connectivity index (χ4v) is 8.28. The molecule has 3 atom stereocenters. The molecule has 9 nitrogen and oxygen atoms in total. The maximum atomic E-state index is 13.5. The molecule has 0 aromatic heterocycles. The van der Waals surface area contributed by atoms with Gasteiger partial charge in [0, 0.05) is 12.8 Å². The number of unbranched alkanes of at least 4 members (excludes halogenated alkanes) is 19. The van der Waals surface area contributed by atoms with Crippen molar-refractivity contribution in [3.8, 4) is 0 Å². The average molecular weight is 1020 g/mol. The van der Waals surface area contributed by atoms with Crippen molar-refractivity contribution in [2.24, 2.45) is 0 Å². The lowest BCUT2D eigenvalue weighted by Gasteiger charge is -2.27. The van der Waals surface area contributed by atoms with Gasteiger partial charge in [0.05, 0.1) is 33.8 Å². The van der Waals surface area contributed by atoms with Crippen LogP contribution in [0.5, 0.6) is 0 Å². The summed E-state index contributed by atoms with van der Waals surface area (Å²) >= 11 is 0. The van der Waals surface area contributed by atoms with Crippen LogP contribution in [0.1, 0.15) is 220 Å². The summed E-state index contributed by atoms with van der Waals surface area (Å²) in [7, 11) is 1.43. The molecule has 0 rings (SSSR count). The van der Waals surface area contributed by atoms with Crippen LogP contribution >= 0.6 is 7.82 Å². The molecular formula is C62H108N2O7P+. The van der Waals surface area contributed by atoms with E-state index in [0.29, 0.717) is 23.9 Å². The first-order chi connectivity index (χ1) is 34.9. The number of likely N-dealkylation sites (N-methyl/N-ethyl adjacent to an activating group) is 1. The van der Waals surface area contributed by atoms with E-state index in [2.05, 4.69) is 111 Å². The number of carbonyl (C=O) groups excluding carboxylic acids is 2. The molecule has 0 fully saturated rings. The second-order valence-electron chi connectivity index (χ2n) is 20.1. The van der Waals surface area contributed by atoms with E-state index in [1.165, 1.54) is 70.6 Å². The third-order valence-electron chi connectivity index (χ3n) is 12.0. The van der Waals surface area contributed by atoms with Gasteiger partial charge in [0.2, 0.25) is 5.91 Å². The van der Waals surface area contributed by atoms with Crippen molar-refractivity contribution in [2.75, 3.05) is 40.9 Å². The van der Waals surface area contributed by atoms with Crippen LogP contribution in [0, 0.1) is 0 Å². The molecule has 0 heterocycles. The van der Waals surface area contributed by atoms with Crippen molar-refractivity contribution in [1.82, 2.24) is 5.32 Å². The number of hydrogen-bond acceptors (Lipinski definition) is 6. The summed E-state index contributed by atoms with van der Waals surface area (Å²) in [5, 5.41) is 2.99. The van der Waals surface area contributed by atoms with E-state index in [0.717, 1.165) is 103 Å². The number of ether oxygens (including phenoxy) is 1. The Kier molecular flexibility index (Phi) is 48.8. The summed E-state index contributed by atoms with van der Waals surface area (Å²) in [6, 6.07) is -0.899. The minimum Gasteiger partial charge on any atom is -0.456 e. The first kappa shape index (κ1) is 68.7. The van der Waals surface area contributed by atoms with E-state index < -0.39 is 20.0 Å². The molecular weight excluding hydrogens is 916 g/mol. The normalized spacial score (nSPS) is 14.6. The number of quaternary nitrogens is 1. The molecule has 0 aliphatic heterocycles. The van der Waals surface area contributed by atoms with Crippen LogP contribution < -0.4 is 5.32 Å². The van der Waals surface area contributed by atoms with E-state index in [9.17, 15) is 19.0 Å². The zero-order valence-electron chi connectivity index (χ0n) is 46.9. The summed E-state index contributed by atoms with van der Waals surface area (Å²) < 4.78 is 30.5. The molecule has 0 aliphatic carbocycles. The SMILES string of the molecule is CC/C=C\C/C=C\C/C=C\C/C=C\C/C=C\C/C=C\CCC(=O)NC(COP(=O)(O)OCC[N+](C)(C)C)C(/C=C\CCCCCCCCCCCC)OC(=O)CCCCCCCC/C=C/C=C/CCCCC. The Morgan fingerprint density at radius 1 is 0.514 bits per heavy atom. The molecule has 72 heavy (non-hydrogen) atoms. The van der Waals surface area contributed by atoms with Gasteiger partial charge in [0.25, 0.3) is 0 Å². The third-order valence-corrected chi connectivity index (χ3v) is 13.0. The van der Waals surface area contributed by atoms with Crippen molar-refractivity contribution >= 4 is 19.7 Å². The second kappa shape index (κ2) is 51.2. The van der Waals surface area contributed by atoms with Crippen LogP contribution in [0.3, 0.4) is 0 Å². The highest BCUT2D eigenvalue weighted by Crippen LogP contribution is 2.43. The summed E-state index contributed by atoms with van der Waals surface area (Å²) in [5.74, 6) is -0.625. The van der Waals surface area contributed by atoms with Crippen LogP contribution in [0.4, 0.5) is 0 Å². The van der Waals surface area contributed by atoms with E-state index in [1.807, 2.05) is 45.4 Å². The number of phosphoric ester groups is 1. The fourth-order valence-electron chi connectivity index (χ4n) is 7.54. The van der Waals surface area contributed by atoms with E-state index in [1.54, 1.807) is 0 Å². The fraction of sp³-hybridized carbons (Fsp3) is 0.677. The van der Waals surface area contributed by atoms with Gasteiger partial charge in [-0.15, -0.1) is 0 Å². The molecule has 412 valence electrons. The molecule has 0 aromatic carbocycles. The molecule has 10 heteroatoms. The van der Waals surface area contributed by atoms with Crippen molar-refractivity contribution in [3.63, 3.8) is 0 Å². The second-order valence-corrected chi connectivity index (χ2v) is 21.6.